The SMILES string of the molecule is O=C(N[C@@H](Cc1c[nH]c2ccccc12)C(=O)[O-])c1cccc(C(=O)N[C@@H](Cc2c[nH]c3ccccc23)C(=O)[O-])c1. The Bertz CT molecular complexity index is 1610. The van der Waals surface area contributed by atoms with Crippen molar-refractivity contribution in [2.45, 2.75) is 24.9 Å². The molecule has 0 radical (unpaired) electrons. The summed E-state index contributed by atoms with van der Waals surface area (Å²) in [6.07, 6.45) is 3.34. The van der Waals surface area contributed by atoms with Crippen LogP contribution in [-0.2, 0) is 22.4 Å². The highest BCUT2D eigenvalue weighted by atomic mass is 16.4. The molecule has 202 valence electrons. The van der Waals surface area contributed by atoms with Crippen molar-refractivity contribution in [2.75, 3.05) is 0 Å². The number of amides is 2. The second-order valence-electron chi connectivity index (χ2n) is 9.40. The van der Waals surface area contributed by atoms with Crippen molar-refractivity contribution >= 4 is 45.6 Å². The average Bonchev–Trinajstić information content (AvgIpc) is 3.56. The van der Waals surface area contributed by atoms with Crippen molar-refractivity contribution in [3.8, 4) is 0 Å². The summed E-state index contributed by atoms with van der Waals surface area (Å²) in [6, 6.07) is 17.6. The number of carboxylic acids is 2. The zero-order valence-electron chi connectivity index (χ0n) is 21.1. The van der Waals surface area contributed by atoms with Gasteiger partial charge in [-0.3, -0.25) is 9.59 Å². The first-order valence-corrected chi connectivity index (χ1v) is 12.5. The molecule has 0 unspecified atom stereocenters. The van der Waals surface area contributed by atoms with Crippen LogP contribution in [0.5, 0.6) is 0 Å². The Balaban J connectivity index is 1.28. The van der Waals surface area contributed by atoms with Gasteiger partial charge in [-0.25, -0.2) is 0 Å². The van der Waals surface area contributed by atoms with Gasteiger partial charge >= 0.3 is 0 Å². The van der Waals surface area contributed by atoms with Crippen molar-refractivity contribution < 1.29 is 29.4 Å². The standard InChI is InChI=1S/C30H26N4O6/c35-27(33-25(29(37)38)13-19-15-31-23-10-3-1-8-21(19)23)17-6-5-7-18(12-17)28(36)34-26(30(39)40)14-20-16-32-24-11-4-2-9-22(20)24/h1-12,15-16,25-26,31-32H,13-14H2,(H,33,35)(H,34,36)(H,37,38)(H,39,40)/p-2/t25-,26-/m0/s1. The lowest BCUT2D eigenvalue weighted by Gasteiger charge is -2.21. The normalized spacial score (nSPS) is 12.6. The molecule has 3 aromatic carbocycles. The molecule has 0 fully saturated rings. The lowest BCUT2D eigenvalue weighted by atomic mass is 10.0. The first-order valence-electron chi connectivity index (χ1n) is 12.5. The highest BCUT2D eigenvalue weighted by Gasteiger charge is 2.20. The lowest BCUT2D eigenvalue weighted by Crippen LogP contribution is -2.49. The number of H-pyrrole nitrogens is 2. The van der Waals surface area contributed by atoms with Crippen LogP contribution in [0.3, 0.4) is 0 Å². The number of aromatic amines is 2. The Hall–Kier alpha value is -5.38. The lowest BCUT2D eigenvalue weighted by molar-refractivity contribution is -0.309. The van der Waals surface area contributed by atoms with E-state index in [-0.39, 0.29) is 24.0 Å². The fourth-order valence-electron chi connectivity index (χ4n) is 4.71. The molecular weight excluding hydrogens is 512 g/mol. The van der Waals surface area contributed by atoms with Crippen LogP contribution in [0.1, 0.15) is 31.8 Å². The molecule has 0 spiro atoms. The molecule has 0 aliphatic rings. The van der Waals surface area contributed by atoms with E-state index in [1.54, 1.807) is 12.4 Å². The fourth-order valence-corrected chi connectivity index (χ4v) is 4.71. The van der Waals surface area contributed by atoms with E-state index < -0.39 is 35.8 Å². The second kappa shape index (κ2) is 11.2. The van der Waals surface area contributed by atoms with Crippen LogP contribution >= 0.6 is 0 Å². The van der Waals surface area contributed by atoms with Crippen molar-refractivity contribution in [3.05, 3.63) is 107 Å². The van der Waals surface area contributed by atoms with Crippen LogP contribution < -0.4 is 20.8 Å². The predicted molar refractivity (Wildman–Crippen MR) is 143 cm³/mol. The van der Waals surface area contributed by atoms with Crippen LogP contribution in [0.15, 0.2) is 85.2 Å². The third-order valence-corrected chi connectivity index (χ3v) is 6.76. The summed E-state index contributed by atoms with van der Waals surface area (Å²) in [5.41, 5.74) is 3.11. The summed E-state index contributed by atoms with van der Waals surface area (Å²) >= 11 is 0. The van der Waals surface area contributed by atoms with E-state index in [1.807, 2.05) is 48.5 Å². The monoisotopic (exact) mass is 536 g/mol. The van der Waals surface area contributed by atoms with Crippen LogP contribution in [0.25, 0.3) is 21.8 Å². The zero-order valence-corrected chi connectivity index (χ0v) is 21.1. The van der Waals surface area contributed by atoms with Gasteiger partial charge in [-0.05, 0) is 41.5 Å². The molecule has 0 aliphatic carbocycles. The third kappa shape index (κ3) is 5.56. The summed E-state index contributed by atoms with van der Waals surface area (Å²) < 4.78 is 0. The number of carbonyl (C=O) groups is 4. The van der Waals surface area contributed by atoms with Crippen molar-refractivity contribution in [1.29, 1.82) is 0 Å². The average molecular weight is 537 g/mol. The molecular formula is C30H24N4O6-2. The maximum absolute atomic E-state index is 12.9. The van der Waals surface area contributed by atoms with E-state index in [1.165, 1.54) is 24.3 Å². The Labute approximate surface area is 228 Å². The van der Waals surface area contributed by atoms with Gasteiger partial charge in [0.25, 0.3) is 11.8 Å². The number of carbonyl (C=O) groups excluding carboxylic acids is 4. The summed E-state index contributed by atoms with van der Waals surface area (Å²) in [5, 5.41) is 30.2. The summed E-state index contributed by atoms with van der Waals surface area (Å²) in [7, 11) is 0. The van der Waals surface area contributed by atoms with E-state index in [4.69, 9.17) is 0 Å². The number of carboxylic acid groups (broad SMARTS) is 2. The number of fused-ring (bicyclic) bond motifs is 2. The van der Waals surface area contributed by atoms with Crippen molar-refractivity contribution in [1.82, 2.24) is 20.6 Å². The quantitative estimate of drug-likeness (QED) is 0.206. The van der Waals surface area contributed by atoms with E-state index in [9.17, 15) is 29.4 Å². The number of rotatable bonds is 10. The minimum Gasteiger partial charge on any atom is -0.548 e. The van der Waals surface area contributed by atoms with Gasteiger partial charge in [0.2, 0.25) is 0 Å². The number of benzene rings is 3. The molecule has 10 heteroatoms. The number of hydrogen-bond donors (Lipinski definition) is 4. The van der Waals surface area contributed by atoms with Crippen LogP contribution in [0, 0.1) is 0 Å². The number of hydrogen-bond acceptors (Lipinski definition) is 6. The molecule has 5 rings (SSSR count). The van der Waals surface area contributed by atoms with Crippen LogP contribution in [0.2, 0.25) is 0 Å². The first kappa shape index (κ1) is 26.2. The predicted octanol–water partition coefficient (Wildman–Crippen LogP) is 0.831. The maximum Gasteiger partial charge on any atom is 0.251 e. The Morgan fingerprint density at radius 1 is 0.625 bits per heavy atom. The van der Waals surface area contributed by atoms with Gasteiger partial charge in [0.05, 0.1) is 24.0 Å². The van der Waals surface area contributed by atoms with Gasteiger partial charge in [0.15, 0.2) is 0 Å². The van der Waals surface area contributed by atoms with E-state index in [0.717, 1.165) is 21.8 Å². The Morgan fingerprint density at radius 3 is 1.48 bits per heavy atom. The van der Waals surface area contributed by atoms with E-state index in [2.05, 4.69) is 20.6 Å². The molecule has 0 saturated heterocycles. The Kier molecular flexibility index (Phi) is 7.32. The molecule has 0 aliphatic heterocycles. The molecule has 10 nitrogen and oxygen atoms in total. The third-order valence-electron chi connectivity index (χ3n) is 6.76. The number of nitrogens with one attached hydrogen (secondary N) is 4. The molecule has 2 amide bonds. The Morgan fingerprint density at radius 2 is 1.05 bits per heavy atom. The van der Waals surface area contributed by atoms with Gasteiger partial charge < -0.3 is 40.4 Å². The van der Waals surface area contributed by atoms with Crippen LogP contribution in [0.4, 0.5) is 0 Å². The smallest absolute Gasteiger partial charge is 0.251 e. The second-order valence-corrected chi connectivity index (χ2v) is 9.40. The number of aromatic nitrogens is 2. The zero-order chi connectivity index (χ0) is 28.2. The highest BCUT2D eigenvalue weighted by Crippen LogP contribution is 2.20. The molecule has 2 heterocycles. The summed E-state index contributed by atoms with van der Waals surface area (Å²) in [4.78, 5) is 55.7. The minimum atomic E-state index is -1.46. The van der Waals surface area contributed by atoms with E-state index >= 15 is 0 Å². The molecule has 0 saturated carbocycles. The maximum atomic E-state index is 12.9. The van der Waals surface area contributed by atoms with Gasteiger partial charge in [-0.2, -0.15) is 0 Å². The highest BCUT2D eigenvalue weighted by molar-refractivity contribution is 6.01. The topological polar surface area (TPSA) is 170 Å². The van der Waals surface area contributed by atoms with Gasteiger partial charge in [0, 0.05) is 58.2 Å². The van der Waals surface area contributed by atoms with Crippen molar-refractivity contribution in [2.24, 2.45) is 0 Å². The molecule has 5 aromatic rings. The molecule has 2 atom stereocenters. The molecule has 4 N–H and O–H groups in total. The largest absolute Gasteiger partial charge is 0.548 e. The molecule has 2 aromatic heterocycles. The van der Waals surface area contributed by atoms with Gasteiger partial charge in [-0.15, -0.1) is 0 Å². The molecule has 0 bridgehead atoms. The van der Waals surface area contributed by atoms with Crippen molar-refractivity contribution in [3.63, 3.8) is 0 Å². The first-order chi connectivity index (χ1) is 19.3. The van der Waals surface area contributed by atoms with Crippen LogP contribution in [-0.4, -0.2) is 45.8 Å². The number of aliphatic carboxylic acids is 2. The summed E-state index contributed by atoms with van der Waals surface area (Å²) in [5.74, 6) is -4.36. The van der Waals surface area contributed by atoms with Gasteiger partial charge in [-0.1, -0.05) is 42.5 Å². The minimum absolute atomic E-state index is 0.0145. The fraction of sp³-hybridized carbons (Fsp3) is 0.133. The molecule has 40 heavy (non-hydrogen) atoms. The van der Waals surface area contributed by atoms with Gasteiger partial charge in [0.1, 0.15) is 0 Å². The number of para-hydroxylation sites is 2. The summed E-state index contributed by atoms with van der Waals surface area (Å²) in [6.45, 7) is 0. The van der Waals surface area contributed by atoms with E-state index in [0.29, 0.717) is 11.1 Å².